The van der Waals surface area contributed by atoms with Gasteiger partial charge in [0.2, 0.25) is 0 Å². The number of aryl methyl sites for hydroxylation is 1. The van der Waals surface area contributed by atoms with Crippen LogP contribution in [0, 0.1) is 18.7 Å². The highest BCUT2D eigenvalue weighted by Crippen LogP contribution is 2.26. The fraction of sp³-hybridized carbons (Fsp3) is 0.562. The van der Waals surface area contributed by atoms with Crippen LogP contribution in [0.5, 0.6) is 0 Å². The van der Waals surface area contributed by atoms with Crippen LogP contribution in [0.3, 0.4) is 0 Å². The molecule has 1 aliphatic rings. The van der Waals surface area contributed by atoms with E-state index >= 15 is 0 Å². The summed E-state index contributed by atoms with van der Waals surface area (Å²) < 4.78 is 13.2. The molecule has 104 valence electrons. The Morgan fingerprint density at radius 2 is 2.21 bits per heavy atom. The molecular weight excluding hydrogens is 241 g/mol. The number of halogens is 1. The maximum absolute atomic E-state index is 13.2. The molecule has 0 bridgehead atoms. The van der Waals surface area contributed by atoms with Gasteiger partial charge in [0.25, 0.3) is 5.91 Å². The smallest absolute Gasteiger partial charge is 0.251 e. The Labute approximate surface area is 114 Å². The molecule has 0 saturated heterocycles. The van der Waals surface area contributed by atoms with Crippen LogP contribution < -0.4 is 5.32 Å². The lowest BCUT2D eigenvalue weighted by molar-refractivity contribution is 0.0919. The van der Waals surface area contributed by atoms with Gasteiger partial charge in [0.05, 0.1) is 0 Å². The van der Waals surface area contributed by atoms with Crippen LogP contribution >= 0.6 is 0 Å². The predicted octanol–water partition coefficient (Wildman–Crippen LogP) is 3.83. The predicted molar refractivity (Wildman–Crippen MR) is 74.6 cm³/mol. The number of benzene rings is 1. The molecule has 1 aromatic carbocycles. The van der Waals surface area contributed by atoms with Gasteiger partial charge in [0.1, 0.15) is 5.82 Å². The van der Waals surface area contributed by atoms with Crippen molar-refractivity contribution in [2.45, 2.75) is 52.0 Å². The van der Waals surface area contributed by atoms with E-state index in [1.807, 2.05) is 0 Å². The molecule has 2 atom stereocenters. The Kier molecular flexibility index (Phi) is 4.56. The van der Waals surface area contributed by atoms with E-state index < -0.39 is 0 Å². The highest BCUT2D eigenvalue weighted by atomic mass is 19.1. The Hall–Kier alpha value is -1.38. The molecule has 2 nitrogen and oxygen atoms in total. The molecule has 0 aromatic heterocycles. The van der Waals surface area contributed by atoms with Crippen LogP contribution in [-0.2, 0) is 0 Å². The number of carbonyl (C=O) groups is 1. The van der Waals surface area contributed by atoms with Gasteiger partial charge in [-0.3, -0.25) is 4.79 Å². The summed E-state index contributed by atoms with van der Waals surface area (Å²) in [7, 11) is 0. The van der Waals surface area contributed by atoms with E-state index in [0.717, 1.165) is 18.8 Å². The van der Waals surface area contributed by atoms with Gasteiger partial charge in [-0.25, -0.2) is 4.39 Å². The summed E-state index contributed by atoms with van der Waals surface area (Å²) in [6, 6.07) is 4.80. The number of rotatable bonds is 3. The SMILES string of the molecule is CCC1CCCC(NC(=O)c2ccc(F)c(C)c2)C1. The summed E-state index contributed by atoms with van der Waals surface area (Å²) in [5.41, 5.74) is 1.07. The second-order valence-corrected chi connectivity index (χ2v) is 5.58. The summed E-state index contributed by atoms with van der Waals surface area (Å²) in [4.78, 5) is 12.1. The van der Waals surface area contributed by atoms with Crippen molar-refractivity contribution in [1.29, 1.82) is 0 Å². The molecule has 19 heavy (non-hydrogen) atoms. The third-order valence-electron chi connectivity index (χ3n) is 4.12. The standard InChI is InChI=1S/C16H22FNO/c1-3-12-5-4-6-14(10-12)18-16(19)13-7-8-15(17)11(2)9-13/h7-9,12,14H,3-6,10H2,1-2H3,(H,18,19). The van der Waals surface area contributed by atoms with Gasteiger partial charge in [-0.05, 0) is 49.4 Å². The van der Waals surface area contributed by atoms with Gasteiger partial charge < -0.3 is 5.32 Å². The van der Waals surface area contributed by atoms with Gasteiger partial charge in [0, 0.05) is 11.6 Å². The first-order valence-corrected chi connectivity index (χ1v) is 7.17. The van der Waals surface area contributed by atoms with E-state index in [2.05, 4.69) is 12.2 Å². The van der Waals surface area contributed by atoms with Crippen molar-refractivity contribution in [3.8, 4) is 0 Å². The van der Waals surface area contributed by atoms with Gasteiger partial charge in [-0.1, -0.05) is 26.2 Å². The first-order chi connectivity index (χ1) is 9.10. The van der Waals surface area contributed by atoms with Crippen LogP contribution in [0.15, 0.2) is 18.2 Å². The monoisotopic (exact) mass is 263 g/mol. The number of carbonyl (C=O) groups excluding carboxylic acids is 1. The minimum Gasteiger partial charge on any atom is -0.349 e. The Balaban J connectivity index is 1.98. The molecule has 1 aliphatic carbocycles. The zero-order chi connectivity index (χ0) is 13.8. The molecule has 1 saturated carbocycles. The normalized spacial score (nSPS) is 23.1. The lowest BCUT2D eigenvalue weighted by atomic mass is 9.84. The maximum Gasteiger partial charge on any atom is 0.251 e. The van der Waals surface area contributed by atoms with Crippen molar-refractivity contribution in [1.82, 2.24) is 5.32 Å². The molecule has 0 radical (unpaired) electrons. The summed E-state index contributed by atoms with van der Waals surface area (Å²) in [5, 5.41) is 3.08. The highest BCUT2D eigenvalue weighted by molar-refractivity contribution is 5.94. The fourth-order valence-electron chi connectivity index (χ4n) is 2.85. The lowest BCUT2D eigenvalue weighted by Crippen LogP contribution is -2.38. The Morgan fingerprint density at radius 3 is 2.89 bits per heavy atom. The molecule has 1 fully saturated rings. The lowest BCUT2D eigenvalue weighted by Gasteiger charge is -2.29. The molecule has 0 spiro atoms. The second-order valence-electron chi connectivity index (χ2n) is 5.58. The molecule has 2 unspecified atom stereocenters. The number of nitrogens with one attached hydrogen (secondary N) is 1. The largest absolute Gasteiger partial charge is 0.349 e. The summed E-state index contributed by atoms with van der Waals surface area (Å²) in [6.07, 6.45) is 5.78. The van der Waals surface area contributed by atoms with Crippen LogP contribution in [0.1, 0.15) is 54.9 Å². The van der Waals surface area contributed by atoms with Crippen molar-refractivity contribution >= 4 is 5.91 Å². The van der Waals surface area contributed by atoms with Gasteiger partial charge in [-0.15, -0.1) is 0 Å². The van der Waals surface area contributed by atoms with E-state index in [4.69, 9.17) is 0 Å². The molecule has 0 heterocycles. The van der Waals surface area contributed by atoms with E-state index in [-0.39, 0.29) is 17.8 Å². The maximum atomic E-state index is 13.2. The van der Waals surface area contributed by atoms with Crippen LogP contribution in [0.25, 0.3) is 0 Å². The van der Waals surface area contributed by atoms with Crippen LogP contribution in [0.4, 0.5) is 4.39 Å². The average molecular weight is 263 g/mol. The zero-order valence-electron chi connectivity index (χ0n) is 11.7. The summed E-state index contributed by atoms with van der Waals surface area (Å²) >= 11 is 0. The van der Waals surface area contributed by atoms with Gasteiger partial charge in [-0.2, -0.15) is 0 Å². The van der Waals surface area contributed by atoms with Crippen molar-refractivity contribution in [3.05, 3.63) is 35.1 Å². The molecule has 1 aromatic rings. The van der Waals surface area contributed by atoms with E-state index in [1.54, 1.807) is 19.1 Å². The fourth-order valence-corrected chi connectivity index (χ4v) is 2.85. The second kappa shape index (κ2) is 6.18. The van der Waals surface area contributed by atoms with E-state index in [0.29, 0.717) is 11.1 Å². The summed E-state index contributed by atoms with van der Waals surface area (Å²) in [5.74, 6) is 0.388. The average Bonchev–Trinajstić information content (AvgIpc) is 2.42. The topological polar surface area (TPSA) is 29.1 Å². The van der Waals surface area contributed by atoms with Crippen molar-refractivity contribution < 1.29 is 9.18 Å². The molecule has 3 heteroatoms. The van der Waals surface area contributed by atoms with Crippen LogP contribution in [-0.4, -0.2) is 11.9 Å². The minimum absolute atomic E-state index is 0.0788. The van der Waals surface area contributed by atoms with Gasteiger partial charge >= 0.3 is 0 Å². The highest BCUT2D eigenvalue weighted by Gasteiger charge is 2.22. The Morgan fingerprint density at radius 1 is 1.42 bits per heavy atom. The van der Waals surface area contributed by atoms with Crippen molar-refractivity contribution in [2.75, 3.05) is 0 Å². The van der Waals surface area contributed by atoms with E-state index in [1.165, 1.54) is 25.3 Å². The third-order valence-corrected chi connectivity index (χ3v) is 4.12. The number of amides is 1. The van der Waals surface area contributed by atoms with E-state index in [9.17, 15) is 9.18 Å². The Bertz CT molecular complexity index is 458. The summed E-state index contributed by atoms with van der Waals surface area (Å²) in [6.45, 7) is 3.89. The van der Waals surface area contributed by atoms with Crippen LogP contribution in [0.2, 0.25) is 0 Å². The van der Waals surface area contributed by atoms with Gasteiger partial charge in [0.15, 0.2) is 0 Å². The molecule has 1 N–H and O–H groups in total. The quantitative estimate of drug-likeness (QED) is 0.882. The van der Waals surface area contributed by atoms with Crippen molar-refractivity contribution in [3.63, 3.8) is 0 Å². The molecular formula is C16H22FNO. The number of hydrogen-bond donors (Lipinski definition) is 1. The first kappa shape index (κ1) is 14.0. The first-order valence-electron chi connectivity index (χ1n) is 7.17. The zero-order valence-corrected chi connectivity index (χ0v) is 11.7. The third kappa shape index (κ3) is 3.55. The molecule has 1 amide bonds. The molecule has 0 aliphatic heterocycles. The minimum atomic E-state index is -0.264. The van der Waals surface area contributed by atoms with Crippen molar-refractivity contribution in [2.24, 2.45) is 5.92 Å². The number of hydrogen-bond acceptors (Lipinski definition) is 1. The molecule has 2 rings (SSSR count).